The number of nitrogens with zero attached hydrogens (tertiary/aromatic N) is 2. The van der Waals surface area contributed by atoms with E-state index >= 15 is 0 Å². The minimum atomic E-state index is -1.11. The van der Waals surface area contributed by atoms with E-state index in [9.17, 15) is 19.8 Å². The lowest BCUT2D eigenvalue weighted by molar-refractivity contribution is -0.163. The first kappa shape index (κ1) is 18.7. The Morgan fingerprint density at radius 2 is 2.22 bits per heavy atom. The first-order valence-electron chi connectivity index (χ1n) is 8.87. The van der Waals surface area contributed by atoms with E-state index < -0.39 is 18.0 Å². The van der Waals surface area contributed by atoms with E-state index in [0.717, 1.165) is 22.2 Å². The summed E-state index contributed by atoms with van der Waals surface area (Å²) >= 11 is 2.80. The molecule has 1 aromatic heterocycles. The third-order valence-corrected chi connectivity index (χ3v) is 7.72. The number of carboxylic acids is 1. The van der Waals surface area contributed by atoms with Crippen molar-refractivity contribution in [2.75, 3.05) is 6.54 Å². The summed E-state index contributed by atoms with van der Waals surface area (Å²) in [6.07, 6.45) is 1.32. The molecule has 5 atom stereocenters. The second-order valence-electron chi connectivity index (χ2n) is 7.16. The number of carbonyl (C=O) groups excluding carboxylic acids is 1. The Bertz CT molecular complexity index is 876. The molecule has 0 radical (unpaired) electrons. The van der Waals surface area contributed by atoms with E-state index in [2.05, 4.69) is 23.3 Å². The zero-order valence-corrected chi connectivity index (χ0v) is 16.8. The van der Waals surface area contributed by atoms with E-state index in [0.29, 0.717) is 4.91 Å². The molecule has 1 aromatic rings. The SMILES string of the molecule is C[C@H]1NCC=C1c1csc(SC2=C(C(=O)O)N3C(=O)[C@H]([C@@H](C)O)[C@H]3[C@H]2C)n1. The molecule has 0 spiro atoms. The van der Waals surface area contributed by atoms with Crippen LogP contribution in [0.15, 0.2) is 26.4 Å². The van der Waals surface area contributed by atoms with Gasteiger partial charge in [-0.25, -0.2) is 9.78 Å². The normalized spacial score (nSPS) is 31.0. The molecule has 3 N–H and O–H groups in total. The molecule has 0 aliphatic carbocycles. The van der Waals surface area contributed by atoms with Gasteiger partial charge in [0.25, 0.3) is 0 Å². The van der Waals surface area contributed by atoms with Crippen molar-refractivity contribution in [1.29, 1.82) is 0 Å². The largest absolute Gasteiger partial charge is 0.477 e. The number of thioether (sulfide) groups is 1. The number of aliphatic hydroxyl groups excluding tert-OH is 1. The molecule has 3 aliphatic rings. The Morgan fingerprint density at radius 1 is 1.48 bits per heavy atom. The number of amides is 1. The van der Waals surface area contributed by atoms with E-state index in [1.807, 2.05) is 12.3 Å². The van der Waals surface area contributed by atoms with Crippen molar-refractivity contribution >= 4 is 40.5 Å². The summed E-state index contributed by atoms with van der Waals surface area (Å²) in [5.74, 6) is -2.13. The van der Waals surface area contributed by atoms with Crippen LogP contribution in [0.3, 0.4) is 0 Å². The quantitative estimate of drug-likeness (QED) is 0.639. The molecule has 27 heavy (non-hydrogen) atoms. The van der Waals surface area contributed by atoms with Gasteiger partial charge in [0, 0.05) is 28.8 Å². The highest BCUT2D eigenvalue weighted by molar-refractivity contribution is 8.04. The number of β-lactam (4-membered cyclic amide) rings is 1. The molecule has 1 saturated heterocycles. The maximum atomic E-state index is 12.4. The van der Waals surface area contributed by atoms with Gasteiger partial charge < -0.3 is 20.4 Å². The Balaban J connectivity index is 1.62. The average molecular weight is 408 g/mol. The van der Waals surface area contributed by atoms with Gasteiger partial charge in [0.15, 0.2) is 4.34 Å². The maximum Gasteiger partial charge on any atom is 0.353 e. The molecule has 7 nitrogen and oxygen atoms in total. The lowest BCUT2D eigenvalue weighted by Gasteiger charge is -2.46. The zero-order chi connectivity index (χ0) is 19.5. The fourth-order valence-corrected chi connectivity index (χ4v) is 6.24. The molecular formula is C18H21N3O4S2. The van der Waals surface area contributed by atoms with Crippen LogP contribution >= 0.6 is 23.1 Å². The number of carboxylic acid groups (broad SMARTS) is 1. The molecule has 3 aliphatic heterocycles. The van der Waals surface area contributed by atoms with Crippen molar-refractivity contribution in [3.05, 3.63) is 27.8 Å². The van der Waals surface area contributed by atoms with Gasteiger partial charge in [-0.3, -0.25) is 4.79 Å². The van der Waals surface area contributed by atoms with Crippen molar-refractivity contribution in [2.24, 2.45) is 11.8 Å². The monoisotopic (exact) mass is 407 g/mol. The van der Waals surface area contributed by atoms with Gasteiger partial charge in [-0.1, -0.05) is 24.8 Å². The number of hydrogen-bond acceptors (Lipinski definition) is 7. The first-order valence-corrected chi connectivity index (χ1v) is 10.6. The van der Waals surface area contributed by atoms with Crippen LogP contribution < -0.4 is 5.32 Å². The molecule has 4 heterocycles. The van der Waals surface area contributed by atoms with Crippen LogP contribution in [0.25, 0.3) is 5.57 Å². The predicted octanol–water partition coefficient (Wildman–Crippen LogP) is 1.76. The molecule has 0 bridgehead atoms. The summed E-state index contributed by atoms with van der Waals surface area (Å²) in [5.41, 5.74) is 2.09. The van der Waals surface area contributed by atoms with Gasteiger partial charge in [0.1, 0.15) is 5.70 Å². The summed E-state index contributed by atoms with van der Waals surface area (Å²) in [7, 11) is 0. The van der Waals surface area contributed by atoms with Crippen molar-refractivity contribution < 1.29 is 19.8 Å². The first-order chi connectivity index (χ1) is 12.8. The number of aliphatic carboxylic acids is 1. The molecule has 1 amide bonds. The number of fused-ring (bicyclic) bond motifs is 1. The molecule has 1 fully saturated rings. The number of carbonyl (C=O) groups is 2. The Kier molecular flexibility index (Phi) is 4.66. The highest BCUT2D eigenvalue weighted by atomic mass is 32.2. The topological polar surface area (TPSA) is 103 Å². The highest BCUT2D eigenvalue weighted by Crippen LogP contribution is 2.52. The number of nitrogens with one attached hydrogen (secondary N) is 1. The van der Waals surface area contributed by atoms with Crippen molar-refractivity contribution in [3.8, 4) is 0 Å². The number of aliphatic hydroxyl groups is 1. The van der Waals surface area contributed by atoms with E-state index in [4.69, 9.17) is 0 Å². The van der Waals surface area contributed by atoms with Gasteiger partial charge in [-0.2, -0.15) is 0 Å². The molecular weight excluding hydrogens is 386 g/mol. The number of thiazole rings is 1. The van der Waals surface area contributed by atoms with Crippen LogP contribution in [0.5, 0.6) is 0 Å². The minimum Gasteiger partial charge on any atom is -0.477 e. The molecule has 0 unspecified atom stereocenters. The third kappa shape index (κ3) is 2.84. The van der Waals surface area contributed by atoms with Crippen LogP contribution in [0.2, 0.25) is 0 Å². The summed E-state index contributed by atoms with van der Waals surface area (Å²) in [6, 6.07) is -0.0529. The molecule has 0 aromatic carbocycles. The predicted molar refractivity (Wildman–Crippen MR) is 103 cm³/mol. The van der Waals surface area contributed by atoms with E-state index in [1.54, 1.807) is 6.92 Å². The van der Waals surface area contributed by atoms with E-state index in [-0.39, 0.29) is 29.6 Å². The fourth-order valence-electron chi connectivity index (χ4n) is 4.15. The van der Waals surface area contributed by atoms with Gasteiger partial charge in [0.2, 0.25) is 5.91 Å². The van der Waals surface area contributed by atoms with Gasteiger partial charge in [-0.05, 0) is 19.4 Å². The van der Waals surface area contributed by atoms with Gasteiger partial charge in [0.05, 0.1) is 23.8 Å². The van der Waals surface area contributed by atoms with Gasteiger partial charge in [-0.15, -0.1) is 11.3 Å². The Hall–Kier alpha value is -1.68. The van der Waals surface area contributed by atoms with Gasteiger partial charge >= 0.3 is 5.97 Å². The summed E-state index contributed by atoms with van der Waals surface area (Å²) in [6.45, 7) is 6.40. The smallest absolute Gasteiger partial charge is 0.353 e. The van der Waals surface area contributed by atoms with Crippen LogP contribution in [0.4, 0.5) is 0 Å². The standard InChI is InChI=1S/C18H21N3O4S2/c1-7-13-12(9(3)22)16(23)21(13)14(17(24)25)15(7)27-18-20-11(6-26-18)10-4-5-19-8(10)2/h4,6-9,12-13,19,22H,5H2,1-3H3,(H,24,25)/t7-,8-,9-,12-,13-/m1/s1. The van der Waals surface area contributed by atoms with Crippen LogP contribution in [0, 0.1) is 11.8 Å². The fraction of sp³-hybridized carbons (Fsp3) is 0.500. The Morgan fingerprint density at radius 3 is 2.81 bits per heavy atom. The molecule has 9 heteroatoms. The van der Waals surface area contributed by atoms with Crippen molar-refractivity contribution in [1.82, 2.24) is 15.2 Å². The third-order valence-electron chi connectivity index (χ3n) is 5.50. The Labute approximate surface area is 165 Å². The minimum absolute atomic E-state index is 0.0336. The average Bonchev–Trinajstić information content (AvgIpc) is 3.27. The zero-order valence-electron chi connectivity index (χ0n) is 15.2. The number of hydrogen-bond donors (Lipinski definition) is 3. The van der Waals surface area contributed by atoms with E-state index in [1.165, 1.54) is 28.0 Å². The molecule has 4 rings (SSSR count). The number of aromatic nitrogens is 1. The second kappa shape index (κ2) is 6.73. The van der Waals surface area contributed by atoms with Crippen LogP contribution in [-0.2, 0) is 9.59 Å². The molecule has 144 valence electrons. The van der Waals surface area contributed by atoms with Crippen LogP contribution in [-0.4, -0.2) is 56.7 Å². The second-order valence-corrected chi connectivity index (χ2v) is 9.31. The summed E-state index contributed by atoms with van der Waals surface area (Å²) < 4.78 is 0.758. The lowest BCUT2D eigenvalue weighted by Crippen LogP contribution is -2.63. The molecule has 0 saturated carbocycles. The maximum absolute atomic E-state index is 12.4. The summed E-state index contributed by atoms with van der Waals surface area (Å²) in [4.78, 5) is 30.9. The van der Waals surface area contributed by atoms with Crippen molar-refractivity contribution in [2.45, 2.75) is 43.3 Å². The van der Waals surface area contributed by atoms with Crippen LogP contribution in [0.1, 0.15) is 26.5 Å². The van der Waals surface area contributed by atoms with Crippen molar-refractivity contribution in [3.63, 3.8) is 0 Å². The highest BCUT2D eigenvalue weighted by Gasteiger charge is 2.60. The summed E-state index contributed by atoms with van der Waals surface area (Å²) in [5, 5.41) is 24.9. The lowest BCUT2D eigenvalue weighted by atomic mass is 9.79. The number of rotatable bonds is 5.